The molecule has 5 aromatic rings. The summed E-state index contributed by atoms with van der Waals surface area (Å²) in [6.45, 7) is 6.90. The van der Waals surface area contributed by atoms with E-state index in [2.05, 4.69) is 42.7 Å². The van der Waals surface area contributed by atoms with Gasteiger partial charge in [0, 0.05) is 17.7 Å². The fraction of sp³-hybridized carbons (Fsp3) is 0.231. The van der Waals surface area contributed by atoms with Crippen molar-refractivity contribution in [2.24, 2.45) is 0 Å². The molecular formula is C26H24N4O2S. The second-order valence-electron chi connectivity index (χ2n) is 8.08. The Morgan fingerprint density at radius 2 is 1.88 bits per heavy atom. The summed E-state index contributed by atoms with van der Waals surface area (Å²) in [6.07, 6.45) is 0.836. The third kappa shape index (κ3) is 3.78. The van der Waals surface area contributed by atoms with Gasteiger partial charge in [-0.2, -0.15) is 0 Å². The molecule has 0 spiro atoms. The molecular weight excluding hydrogens is 432 g/mol. The normalized spacial score (nSPS) is 11.4. The minimum atomic E-state index is -0.359. The van der Waals surface area contributed by atoms with Gasteiger partial charge in [0.1, 0.15) is 16.3 Å². The number of methoxy groups -OCH3 is 1. The van der Waals surface area contributed by atoms with E-state index in [1.807, 2.05) is 25.1 Å². The highest BCUT2D eigenvalue weighted by atomic mass is 32.1. The first-order chi connectivity index (χ1) is 16.0. The van der Waals surface area contributed by atoms with Crippen LogP contribution >= 0.6 is 11.3 Å². The van der Waals surface area contributed by atoms with Gasteiger partial charge < -0.3 is 9.30 Å². The number of hydrogen-bond acceptors (Lipinski definition) is 6. The molecule has 0 atom stereocenters. The maximum absolute atomic E-state index is 12.2. The fourth-order valence-corrected chi connectivity index (χ4v) is 5.20. The smallest absolute Gasteiger partial charge is 0.338 e. The van der Waals surface area contributed by atoms with Crippen LogP contribution in [0.2, 0.25) is 0 Å². The van der Waals surface area contributed by atoms with Crippen LogP contribution < -0.4 is 0 Å². The number of aryl methyl sites for hydroxylation is 3. The Morgan fingerprint density at radius 1 is 1.06 bits per heavy atom. The monoisotopic (exact) mass is 456 g/mol. The van der Waals surface area contributed by atoms with Gasteiger partial charge in [0.15, 0.2) is 5.65 Å². The number of ether oxygens (including phenoxy) is 1. The van der Waals surface area contributed by atoms with Crippen LogP contribution in [-0.2, 0) is 17.7 Å². The Hall–Kier alpha value is -3.58. The van der Waals surface area contributed by atoms with Crippen LogP contribution in [0, 0.1) is 13.8 Å². The molecule has 0 aliphatic carbocycles. The zero-order valence-corrected chi connectivity index (χ0v) is 19.9. The first kappa shape index (κ1) is 21.3. The van der Waals surface area contributed by atoms with E-state index in [0.29, 0.717) is 12.1 Å². The predicted octanol–water partition coefficient (Wildman–Crippen LogP) is 5.72. The third-order valence-corrected chi connectivity index (χ3v) is 6.84. The number of carbonyl (C=O) groups excluding carboxylic acids is 1. The number of esters is 1. The molecule has 6 nitrogen and oxygen atoms in total. The summed E-state index contributed by atoms with van der Waals surface area (Å²) in [5.41, 5.74) is 7.39. The molecule has 3 heterocycles. The van der Waals surface area contributed by atoms with E-state index in [-0.39, 0.29) is 5.97 Å². The van der Waals surface area contributed by atoms with E-state index in [0.717, 1.165) is 61.0 Å². The molecule has 2 aromatic carbocycles. The SMILES string of the molecule is CCc1nc2c(C)cc(C)nc2n1Cc1ccc2sc(-c3ccccc3C(=O)OC)nc2c1. The first-order valence-electron chi connectivity index (χ1n) is 10.9. The van der Waals surface area contributed by atoms with Crippen molar-refractivity contribution in [3.8, 4) is 10.6 Å². The van der Waals surface area contributed by atoms with Crippen LogP contribution in [0.4, 0.5) is 0 Å². The summed E-state index contributed by atoms with van der Waals surface area (Å²) in [5.74, 6) is 0.667. The fourth-order valence-electron chi connectivity index (χ4n) is 4.21. The van der Waals surface area contributed by atoms with Crippen LogP contribution in [-0.4, -0.2) is 32.6 Å². The van der Waals surface area contributed by atoms with Crippen molar-refractivity contribution in [3.05, 3.63) is 76.7 Å². The summed E-state index contributed by atoms with van der Waals surface area (Å²) in [6, 6.07) is 15.8. The molecule has 0 aliphatic heterocycles. The van der Waals surface area contributed by atoms with Gasteiger partial charge in [0.2, 0.25) is 0 Å². The minimum Gasteiger partial charge on any atom is -0.465 e. The number of aromatic nitrogens is 4. The van der Waals surface area contributed by atoms with Crippen LogP contribution in [0.3, 0.4) is 0 Å². The summed E-state index contributed by atoms with van der Waals surface area (Å²) in [4.78, 5) is 26.7. The third-order valence-electron chi connectivity index (χ3n) is 5.77. The molecule has 0 amide bonds. The molecule has 7 heteroatoms. The van der Waals surface area contributed by atoms with Crippen molar-refractivity contribution >= 4 is 38.7 Å². The number of benzene rings is 2. The van der Waals surface area contributed by atoms with Gasteiger partial charge in [-0.05, 0) is 49.2 Å². The van der Waals surface area contributed by atoms with Crippen LogP contribution in [0.25, 0.3) is 32.0 Å². The lowest BCUT2D eigenvalue weighted by Crippen LogP contribution is -2.05. The molecule has 33 heavy (non-hydrogen) atoms. The number of rotatable bonds is 5. The standard InChI is InChI=1S/C26H24N4O2S/c1-5-22-29-23-15(2)12-16(3)27-24(23)30(22)14-17-10-11-21-20(13-17)28-25(33-21)18-8-6-7-9-19(18)26(31)32-4/h6-13H,5,14H2,1-4H3. The summed E-state index contributed by atoms with van der Waals surface area (Å²) < 4.78 is 8.23. The number of fused-ring (bicyclic) bond motifs is 2. The van der Waals surface area contributed by atoms with E-state index in [1.165, 1.54) is 7.11 Å². The highest BCUT2D eigenvalue weighted by molar-refractivity contribution is 7.21. The molecule has 166 valence electrons. The molecule has 0 N–H and O–H groups in total. The van der Waals surface area contributed by atoms with Crippen molar-refractivity contribution in [1.82, 2.24) is 19.5 Å². The van der Waals surface area contributed by atoms with Crippen molar-refractivity contribution in [3.63, 3.8) is 0 Å². The topological polar surface area (TPSA) is 69.9 Å². The molecule has 0 bridgehead atoms. The second-order valence-corrected chi connectivity index (χ2v) is 9.11. The molecule has 0 radical (unpaired) electrons. The van der Waals surface area contributed by atoms with Gasteiger partial charge in [0.25, 0.3) is 0 Å². The van der Waals surface area contributed by atoms with Crippen molar-refractivity contribution < 1.29 is 9.53 Å². The number of thiazole rings is 1. The average molecular weight is 457 g/mol. The lowest BCUT2D eigenvalue weighted by molar-refractivity contribution is 0.0601. The van der Waals surface area contributed by atoms with E-state index in [9.17, 15) is 4.79 Å². The molecule has 5 rings (SSSR count). The zero-order chi connectivity index (χ0) is 23.1. The quantitative estimate of drug-likeness (QED) is 0.316. The Kier molecular flexibility index (Phi) is 5.42. The predicted molar refractivity (Wildman–Crippen MR) is 132 cm³/mol. The number of pyridine rings is 1. The van der Waals surface area contributed by atoms with E-state index in [1.54, 1.807) is 17.4 Å². The van der Waals surface area contributed by atoms with E-state index in [4.69, 9.17) is 19.7 Å². The van der Waals surface area contributed by atoms with Gasteiger partial charge in [-0.25, -0.2) is 19.7 Å². The Morgan fingerprint density at radius 3 is 2.67 bits per heavy atom. The second kappa shape index (κ2) is 8.41. The average Bonchev–Trinajstić information content (AvgIpc) is 3.40. The Labute approximate surface area is 195 Å². The van der Waals surface area contributed by atoms with Gasteiger partial charge in [-0.15, -0.1) is 11.3 Å². The zero-order valence-electron chi connectivity index (χ0n) is 19.0. The molecule has 0 unspecified atom stereocenters. The maximum Gasteiger partial charge on any atom is 0.338 e. The lowest BCUT2D eigenvalue weighted by Gasteiger charge is -2.08. The number of carbonyl (C=O) groups is 1. The summed E-state index contributed by atoms with van der Waals surface area (Å²) in [5, 5.41) is 0.804. The summed E-state index contributed by atoms with van der Waals surface area (Å²) >= 11 is 1.57. The molecule has 0 saturated carbocycles. The van der Waals surface area contributed by atoms with Crippen molar-refractivity contribution in [2.45, 2.75) is 33.7 Å². The number of imidazole rings is 1. The molecule has 0 fully saturated rings. The van der Waals surface area contributed by atoms with Crippen LogP contribution in [0.1, 0.15) is 39.9 Å². The van der Waals surface area contributed by atoms with Gasteiger partial charge in [0.05, 0.1) is 29.4 Å². The highest BCUT2D eigenvalue weighted by Crippen LogP contribution is 2.33. The molecule has 0 aliphatic rings. The van der Waals surface area contributed by atoms with Crippen molar-refractivity contribution in [1.29, 1.82) is 0 Å². The van der Waals surface area contributed by atoms with Crippen LogP contribution in [0.5, 0.6) is 0 Å². The highest BCUT2D eigenvalue weighted by Gasteiger charge is 2.17. The largest absolute Gasteiger partial charge is 0.465 e. The molecule has 3 aromatic heterocycles. The maximum atomic E-state index is 12.2. The van der Waals surface area contributed by atoms with Gasteiger partial charge in [-0.3, -0.25) is 0 Å². The lowest BCUT2D eigenvalue weighted by atomic mass is 10.1. The van der Waals surface area contributed by atoms with Gasteiger partial charge >= 0.3 is 5.97 Å². The number of hydrogen-bond donors (Lipinski definition) is 0. The van der Waals surface area contributed by atoms with E-state index >= 15 is 0 Å². The minimum absolute atomic E-state index is 0.359. The first-order valence-corrected chi connectivity index (χ1v) is 11.7. The van der Waals surface area contributed by atoms with Gasteiger partial charge in [-0.1, -0.05) is 31.2 Å². The Balaban J connectivity index is 1.56. The number of nitrogens with zero attached hydrogens (tertiary/aromatic N) is 4. The van der Waals surface area contributed by atoms with Crippen LogP contribution in [0.15, 0.2) is 48.5 Å². The summed E-state index contributed by atoms with van der Waals surface area (Å²) in [7, 11) is 1.39. The van der Waals surface area contributed by atoms with Crippen molar-refractivity contribution in [2.75, 3.05) is 7.11 Å². The molecule has 0 saturated heterocycles. The van der Waals surface area contributed by atoms with E-state index < -0.39 is 0 Å². The Bertz CT molecular complexity index is 1520.